The van der Waals surface area contributed by atoms with Crippen LogP contribution in [-0.2, 0) is 21.4 Å². The van der Waals surface area contributed by atoms with Gasteiger partial charge in [-0.3, -0.25) is 9.59 Å². The predicted molar refractivity (Wildman–Crippen MR) is 109 cm³/mol. The normalized spacial score (nSPS) is 15.3. The number of sulfonamides is 1. The zero-order valence-electron chi connectivity index (χ0n) is 16.3. The number of carbonyl (C=O) groups excluding carboxylic acids is 2. The lowest BCUT2D eigenvalue weighted by Gasteiger charge is -2.33. The Morgan fingerprint density at radius 2 is 1.93 bits per heavy atom. The Balaban J connectivity index is 1.56. The highest BCUT2D eigenvalue weighted by Gasteiger charge is 2.28. The van der Waals surface area contributed by atoms with E-state index in [1.165, 1.54) is 4.31 Å². The first kappa shape index (κ1) is 21.0. The number of benzene rings is 1. The third-order valence-corrected chi connectivity index (χ3v) is 6.72. The van der Waals surface area contributed by atoms with Crippen molar-refractivity contribution < 1.29 is 18.0 Å². The predicted octanol–water partition coefficient (Wildman–Crippen LogP) is 1.02. The van der Waals surface area contributed by atoms with Gasteiger partial charge in [0.25, 0.3) is 5.91 Å². The summed E-state index contributed by atoms with van der Waals surface area (Å²) in [6.45, 7) is 3.43. The van der Waals surface area contributed by atoms with Gasteiger partial charge in [0.05, 0.1) is 12.1 Å². The van der Waals surface area contributed by atoms with Crippen molar-refractivity contribution in [3.63, 3.8) is 0 Å². The average molecular weight is 420 g/mol. The Hall–Kier alpha value is -2.72. The second-order valence-corrected chi connectivity index (χ2v) is 9.03. The highest BCUT2D eigenvalue weighted by Crippen LogP contribution is 2.16. The first-order chi connectivity index (χ1) is 13.9. The number of aromatic nitrogens is 2. The Bertz CT molecular complexity index is 951. The van der Waals surface area contributed by atoms with Crippen LogP contribution in [0.1, 0.15) is 23.7 Å². The fourth-order valence-electron chi connectivity index (χ4n) is 3.14. The summed E-state index contributed by atoms with van der Waals surface area (Å²) < 4.78 is 27.1. The highest BCUT2D eigenvalue weighted by molar-refractivity contribution is 7.89. The smallest absolute Gasteiger partial charge is 0.254 e. The number of nitrogens with one attached hydrogen (secondary N) is 1. The molecule has 1 aromatic heterocycles. The molecule has 1 aliphatic rings. The van der Waals surface area contributed by atoms with Gasteiger partial charge in [0.2, 0.25) is 15.9 Å². The van der Waals surface area contributed by atoms with Crippen molar-refractivity contribution >= 4 is 27.5 Å². The van der Waals surface area contributed by atoms with Crippen LogP contribution in [0, 0.1) is 0 Å². The Labute approximate surface area is 170 Å². The molecule has 0 aliphatic carbocycles. The molecule has 156 valence electrons. The second-order valence-electron chi connectivity index (χ2n) is 6.77. The standard InChI is InChI=1S/C19H25N5O4S/c1-2-29(27,28)24-12-10-23(11-13-24)19(26)16-4-3-5-17(14-16)21-18(25)6-8-22-9-7-20-15-22/h3-5,7,9,14-15H,2,6,8,10-13H2,1H3,(H,21,25). The molecule has 9 nitrogen and oxygen atoms in total. The van der Waals surface area contributed by atoms with Crippen LogP contribution >= 0.6 is 0 Å². The molecule has 3 rings (SSSR count). The van der Waals surface area contributed by atoms with Crippen LogP contribution in [0.5, 0.6) is 0 Å². The van der Waals surface area contributed by atoms with Crippen molar-refractivity contribution in [2.24, 2.45) is 0 Å². The third kappa shape index (κ3) is 5.42. The summed E-state index contributed by atoms with van der Waals surface area (Å²) >= 11 is 0. The molecule has 1 aromatic carbocycles. The first-order valence-corrected chi connectivity index (χ1v) is 11.1. The maximum Gasteiger partial charge on any atom is 0.254 e. The van der Waals surface area contributed by atoms with E-state index < -0.39 is 10.0 Å². The second kappa shape index (κ2) is 9.19. The Morgan fingerprint density at radius 3 is 2.59 bits per heavy atom. The first-order valence-electron chi connectivity index (χ1n) is 9.52. The van der Waals surface area contributed by atoms with Gasteiger partial charge in [-0.05, 0) is 25.1 Å². The van der Waals surface area contributed by atoms with Crippen LogP contribution in [0.4, 0.5) is 5.69 Å². The van der Waals surface area contributed by atoms with Crippen LogP contribution in [-0.4, -0.2) is 70.9 Å². The number of hydrogen-bond donors (Lipinski definition) is 1. The minimum Gasteiger partial charge on any atom is -0.337 e. The molecule has 1 N–H and O–H groups in total. The topological polar surface area (TPSA) is 105 Å². The van der Waals surface area contributed by atoms with Crippen LogP contribution in [0.15, 0.2) is 43.0 Å². The van der Waals surface area contributed by atoms with Crippen LogP contribution in [0.25, 0.3) is 0 Å². The number of rotatable bonds is 7. The van der Waals surface area contributed by atoms with Crippen LogP contribution < -0.4 is 5.32 Å². The van der Waals surface area contributed by atoms with E-state index in [1.807, 2.05) is 4.57 Å². The van der Waals surface area contributed by atoms with Crippen molar-refractivity contribution in [1.29, 1.82) is 0 Å². The number of aryl methyl sites for hydroxylation is 1. The molecule has 1 saturated heterocycles. The number of hydrogen-bond acceptors (Lipinski definition) is 5. The van der Waals surface area contributed by atoms with E-state index >= 15 is 0 Å². The van der Waals surface area contributed by atoms with Crippen molar-refractivity contribution in [3.8, 4) is 0 Å². The molecule has 0 saturated carbocycles. The molecule has 1 fully saturated rings. The molecule has 0 unspecified atom stereocenters. The average Bonchev–Trinajstić information content (AvgIpc) is 3.26. The zero-order chi connectivity index (χ0) is 20.9. The van der Waals surface area contributed by atoms with Crippen molar-refractivity contribution in [3.05, 3.63) is 48.5 Å². The molecule has 0 bridgehead atoms. The minimum absolute atomic E-state index is 0.0591. The number of amides is 2. The third-order valence-electron chi connectivity index (χ3n) is 4.83. The van der Waals surface area contributed by atoms with E-state index in [2.05, 4.69) is 10.3 Å². The van der Waals surface area contributed by atoms with Crippen LogP contribution in [0.2, 0.25) is 0 Å². The Kier molecular flexibility index (Phi) is 6.65. The lowest BCUT2D eigenvalue weighted by Crippen LogP contribution is -2.50. The summed E-state index contributed by atoms with van der Waals surface area (Å²) in [5, 5.41) is 2.81. The number of imidazole rings is 1. The maximum absolute atomic E-state index is 12.8. The fourth-order valence-corrected chi connectivity index (χ4v) is 4.22. The van der Waals surface area contributed by atoms with Gasteiger partial charge < -0.3 is 14.8 Å². The molecule has 0 atom stereocenters. The summed E-state index contributed by atoms with van der Waals surface area (Å²) in [6.07, 6.45) is 5.39. The summed E-state index contributed by atoms with van der Waals surface area (Å²) in [6, 6.07) is 6.79. The Morgan fingerprint density at radius 1 is 1.17 bits per heavy atom. The van der Waals surface area contributed by atoms with E-state index in [0.717, 1.165) is 0 Å². The van der Waals surface area contributed by atoms with Gasteiger partial charge in [0.1, 0.15) is 0 Å². The molecule has 2 amide bonds. The van der Waals surface area contributed by atoms with E-state index in [1.54, 1.807) is 54.8 Å². The molecule has 2 aromatic rings. The molecule has 0 radical (unpaired) electrons. The van der Waals surface area contributed by atoms with Gasteiger partial charge in [0, 0.05) is 62.8 Å². The molecule has 0 spiro atoms. The monoisotopic (exact) mass is 419 g/mol. The fraction of sp³-hybridized carbons (Fsp3) is 0.421. The highest BCUT2D eigenvalue weighted by atomic mass is 32.2. The van der Waals surface area contributed by atoms with Gasteiger partial charge in [-0.1, -0.05) is 6.07 Å². The molecule has 2 heterocycles. The van der Waals surface area contributed by atoms with E-state index in [4.69, 9.17) is 0 Å². The van der Waals surface area contributed by atoms with Gasteiger partial charge in [-0.2, -0.15) is 4.31 Å². The molecule has 1 aliphatic heterocycles. The van der Waals surface area contributed by atoms with Crippen molar-refractivity contribution in [2.75, 3.05) is 37.2 Å². The minimum atomic E-state index is -3.23. The molecule has 29 heavy (non-hydrogen) atoms. The SMILES string of the molecule is CCS(=O)(=O)N1CCN(C(=O)c2cccc(NC(=O)CCn3ccnc3)c2)CC1. The molecular weight excluding hydrogens is 394 g/mol. The quantitative estimate of drug-likeness (QED) is 0.721. The summed E-state index contributed by atoms with van der Waals surface area (Å²) in [7, 11) is -3.23. The zero-order valence-corrected chi connectivity index (χ0v) is 17.1. The van der Waals surface area contributed by atoms with Crippen molar-refractivity contribution in [1.82, 2.24) is 18.8 Å². The summed E-state index contributed by atoms with van der Waals surface area (Å²) in [4.78, 5) is 30.5. The van der Waals surface area contributed by atoms with Crippen molar-refractivity contribution in [2.45, 2.75) is 19.9 Å². The number of anilines is 1. The van der Waals surface area contributed by atoms with E-state index in [0.29, 0.717) is 50.4 Å². The van der Waals surface area contributed by atoms with Gasteiger partial charge in [-0.25, -0.2) is 13.4 Å². The molecule has 10 heteroatoms. The van der Waals surface area contributed by atoms with E-state index in [-0.39, 0.29) is 17.6 Å². The van der Waals surface area contributed by atoms with Crippen LogP contribution in [0.3, 0.4) is 0 Å². The lowest BCUT2D eigenvalue weighted by molar-refractivity contribution is -0.116. The lowest BCUT2D eigenvalue weighted by atomic mass is 10.1. The number of nitrogens with zero attached hydrogens (tertiary/aromatic N) is 4. The van der Waals surface area contributed by atoms with E-state index in [9.17, 15) is 18.0 Å². The largest absolute Gasteiger partial charge is 0.337 e. The summed E-state index contributed by atoms with van der Waals surface area (Å²) in [5.41, 5.74) is 1.02. The van der Waals surface area contributed by atoms with Gasteiger partial charge in [0.15, 0.2) is 0 Å². The number of piperazine rings is 1. The maximum atomic E-state index is 12.8. The number of carbonyl (C=O) groups is 2. The molecular formula is C19H25N5O4S. The van der Waals surface area contributed by atoms with Gasteiger partial charge in [-0.15, -0.1) is 0 Å². The summed E-state index contributed by atoms with van der Waals surface area (Å²) in [5.74, 6) is -0.265. The van der Waals surface area contributed by atoms with Gasteiger partial charge >= 0.3 is 0 Å².